The molecule has 0 N–H and O–H groups in total. The van der Waals surface area contributed by atoms with Crippen molar-refractivity contribution < 1.29 is 9.53 Å². The summed E-state index contributed by atoms with van der Waals surface area (Å²) in [6.07, 6.45) is 1.77. The standard InChI is InChI=1S/C21H20ClN3O2S/c1-3-13-25-19(14-27-18-11-9-17(22)10-12-18)23-24-21(25)28-15(2)20(26)16-7-5-4-6-8-16/h3-12,15H,1,13-14H2,2H3. The lowest BCUT2D eigenvalue weighted by Crippen LogP contribution is -2.15. The molecule has 2 aromatic carbocycles. The second-order valence-corrected chi connectivity index (χ2v) is 7.78. The third-order valence-corrected chi connectivity index (χ3v) is 5.33. The number of aromatic nitrogens is 3. The Kier molecular flexibility index (Phi) is 6.90. The van der Waals surface area contributed by atoms with Crippen LogP contribution in [-0.2, 0) is 13.2 Å². The SMILES string of the molecule is C=CCn1c(COc2ccc(Cl)cc2)nnc1SC(C)C(=O)c1ccccc1. The lowest BCUT2D eigenvalue weighted by Gasteiger charge is -2.12. The summed E-state index contributed by atoms with van der Waals surface area (Å²) in [7, 11) is 0. The van der Waals surface area contributed by atoms with Crippen LogP contribution in [0.2, 0.25) is 5.02 Å². The topological polar surface area (TPSA) is 57.0 Å². The number of Topliss-reactive ketones (excluding diaryl/α,β-unsaturated/α-hetero) is 1. The van der Waals surface area contributed by atoms with Gasteiger partial charge in [-0.2, -0.15) is 0 Å². The van der Waals surface area contributed by atoms with Crippen LogP contribution >= 0.6 is 23.4 Å². The van der Waals surface area contributed by atoms with Gasteiger partial charge in [-0.3, -0.25) is 9.36 Å². The molecule has 0 aliphatic rings. The molecule has 1 atom stereocenters. The van der Waals surface area contributed by atoms with Gasteiger partial charge >= 0.3 is 0 Å². The first kappa shape index (κ1) is 20.2. The van der Waals surface area contributed by atoms with Crippen molar-refractivity contribution in [1.82, 2.24) is 14.8 Å². The minimum Gasteiger partial charge on any atom is -0.486 e. The molecule has 0 spiro atoms. The van der Waals surface area contributed by atoms with Gasteiger partial charge in [-0.1, -0.05) is 59.8 Å². The van der Waals surface area contributed by atoms with E-state index in [2.05, 4.69) is 16.8 Å². The zero-order chi connectivity index (χ0) is 19.9. The quantitative estimate of drug-likeness (QED) is 0.279. The van der Waals surface area contributed by atoms with E-state index in [1.807, 2.05) is 41.8 Å². The fraction of sp³-hybridized carbons (Fsp3) is 0.190. The number of rotatable bonds is 9. The Morgan fingerprint density at radius 3 is 2.61 bits per heavy atom. The van der Waals surface area contributed by atoms with Crippen LogP contribution in [0.4, 0.5) is 0 Å². The number of hydrogen-bond donors (Lipinski definition) is 0. The van der Waals surface area contributed by atoms with Gasteiger partial charge in [0.1, 0.15) is 12.4 Å². The minimum absolute atomic E-state index is 0.0534. The van der Waals surface area contributed by atoms with Crippen molar-refractivity contribution in [2.75, 3.05) is 0 Å². The molecule has 7 heteroatoms. The number of benzene rings is 2. The van der Waals surface area contributed by atoms with E-state index >= 15 is 0 Å². The third-order valence-electron chi connectivity index (χ3n) is 4.00. The maximum atomic E-state index is 12.6. The van der Waals surface area contributed by atoms with E-state index < -0.39 is 0 Å². The number of nitrogens with zero attached hydrogens (tertiary/aromatic N) is 3. The zero-order valence-electron chi connectivity index (χ0n) is 15.4. The molecule has 0 saturated carbocycles. The zero-order valence-corrected chi connectivity index (χ0v) is 17.0. The molecule has 3 rings (SSSR count). The summed E-state index contributed by atoms with van der Waals surface area (Å²) in [6, 6.07) is 16.4. The second-order valence-electron chi connectivity index (χ2n) is 6.03. The highest BCUT2D eigenvalue weighted by molar-refractivity contribution is 8.00. The molecule has 144 valence electrons. The average molecular weight is 414 g/mol. The van der Waals surface area contributed by atoms with Crippen LogP contribution in [0.3, 0.4) is 0 Å². The first-order valence-electron chi connectivity index (χ1n) is 8.75. The third kappa shape index (κ3) is 5.03. The molecule has 0 bridgehead atoms. The van der Waals surface area contributed by atoms with Crippen LogP contribution in [0, 0.1) is 0 Å². The largest absolute Gasteiger partial charge is 0.486 e. The summed E-state index contributed by atoms with van der Waals surface area (Å²) in [5.74, 6) is 1.41. The van der Waals surface area contributed by atoms with Crippen molar-refractivity contribution in [2.45, 2.75) is 30.5 Å². The molecule has 3 aromatic rings. The van der Waals surface area contributed by atoms with Gasteiger partial charge in [0.25, 0.3) is 0 Å². The fourth-order valence-corrected chi connectivity index (χ4v) is 3.63. The summed E-state index contributed by atoms with van der Waals surface area (Å²) in [6.45, 7) is 6.45. The Balaban J connectivity index is 1.71. The summed E-state index contributed by atoms with van der Waals surface area (Å²) >= 11 is 7.27. The summed E-state index contributed by atoms with van der Waals surface area (Å²) in [5.41, 5.74) is 0.684. The Hall–Kier alpha value is -2.57. The molecule has 1 aromatic heterocycles. The number of ketones is 1. The monoisotopic (exact) mass is 413 g/mol. The van der Waals surface area contributed by atoms with E-state index in [1.165, 1.54) is 11.8 Å². The number of halogens is 1. The van der Waals surface area contributed by atoms with E-state index in [0.29, 0.717) is 33.9 Å². The van der Waals surface area contributed by atoms with Gasteiger partial charge in [0.05, 0.1) is 5.25 Å². The van der Waals surface area contributed by atoms with Gasteiger partial charge in [0, 0.05) is 17.1 Å². The number of carbonyl (C=O) groups is 1. The molecular formula is C21H20ClN3O2S. The van der Waals surface area contributed by atoms with Crippen molar-refractivity contribution in [3.8, 4) is 5.75 Å². The van der Waals surface area contributed by atoms with Gasteiger partial charge < -0.3 is 4.74 Å². The lowest BCUT2D eigenvalue weighted by atomic mass is 10.1. The normalized spacial score (nSPS) is 11.8. The van der Waals surface area contributed by atoms with Crippen LogP contribution < -0.4 is 4.74 Å². The number of allylic oxidation sites excluding steroid dienone is 1. The van der Waals surface area contributed by atoms with Gasteiger partial charge in [-0.15, -0.1) is 16.8 Å². The van der Waals surface area contributed by atoms with Crippen LogP contribution in [0.25, 0.3) is 0 Å². The maximum absolute atomic E-state index is 12.6. The molecule has 28 heavy (non-hydrogen) atoms. The lowest BCUT2D eigenvalue weighted by molar-refractivity contribution is 0.0994. The molecule has 0 saturated heterocycles. The Morgan fingerprint density at radius 2 is 1.93 bits per heavy atom. The fourth-order valence-electron chi connectivity index (χ4n) is 2.55. The molecule has 0 aliphatic heterocycles. The predicted octanol–water partition coefficient (Wildman–Crippen LogP) is 5.06. The summed E-state index contributed by atoms with van der Waals surface area (Å²) in [4.78, 5) is 12.6. The first-order valence-corrected chi connectivity index (χ1v) is 10.0. The highest BCUT2D eigenvalue weighted by atomic mass is 35.5. The van der Waals surface area contributed by atoms with Crippen molar-refractivity contribution in [1.29, 1.82) is 0 Å². The Labute approximate surface area is 173 Å². The van der Waals surface area contributed by atoms with Crippen LogP contribution in [0.15, 0.2) is 72.4 Å². The molecule has 0 amide bonds. The van der Waals surface area contributed by atoms with E-state index in [0.717, 1.165) is 0 Å². The molecule has 0 fully saturated rings. The Morgan fingerprint density at radius 1 is 1.21 bits per heavy atom. The number of carbonyl (C=O) groups excluding carboxylic acids is 1. The molecule has 0 radical (unpaired) electrons. The Bertz CT molecular complexity index is 942. The number of thioether (sulfide) groups is 1. The number of ether oxygens (including phenoxy) is 1. The average Bonchev–Trinajstić information content (AvgIpc) is 3.09. The van der Waals surface area contributed by atoms with Crippen molar-refractivity contribution in [2.24, 2.45) is 0 Å². The van der Waals surface area contributed by atoms with E-state index in [1.54, 1.807) is 30.3 Å². The van der Waals surface area contributed by atoms with E-state index in [9.17, 15) is 4.79 Å². The highest BCUT2D eigenvalue weighted by Crippen LogP contribution is 2.25. The van der Waals surface area contributed by atoms with Gasteiger partial charge in [-0.25, -0.2) is 0 Å². The van der Waals surface area contributed by atoms with Crippen molar-refractivity contribution >= 4 is 29.1 Å². The number of hydrogen-bond acceptors (Lipinski definition) is 5. The molecular weight excluding hydrogens is 394 g/mol. The molecule has 1 heterocycles. The van der Waals surface area contributed by atoms with Crippen LogP contribution in [-0.4, -0.2) is 25.8 Å². The van der Waals surface area contributed by atoms with E-state index in [-0.39, 0.29) is 17.6 Å². The summed E-state index contributed by atoms with van der Waals surface area (Å²) in [5, 5.41) is 9.50. The second kappa shape index (κ2) is 9.57. The van der Waals surface area contributed by atoms with Crippen LogP contribution in [0.1, 0.15) is 23.1 Å². The van der Waals surface area contributed by atoms with Gasteiger partial charge in [-0.05, 0) is 31.2 Å². The van der Waals surface area contributed by atoms with Crippen molar-refractivity contribution in [3.05, 3.63) is 83.7 Å². The predicted molar refractivity (Wildman–Crippen MR) is 112 cm³/mol. The minimum atomic E-state index is -0.291. The van der Waals surface area contributed by atoms with Gasteiger partial charge in [0.2, 0.25) is 0 Å². The van der Waals surface area contributed by atoms with E-state index in [4.69, 9.17) is 16.3 Å². The molecule has 0 aliphatic carbocycles. The summed E-state index contributed by atoms with van der Waals surface area (Å²) < 4.78 is 7.68. The smallest absolute Gasteiger partial charge is 0.192 e. The first-order chi connectivity index (χ1) is 13.6. The van der Waals surface area contributed by atoms with Crippen LogP contribution in [0.5, 0.6) is 5.75 Å². The van der Waals surface area contributed by atoms with Crippen molar-refractivity contribution in [3.63, 3.8) is 0 Å². The molecule has 1 unspecified atom stereocenters. The van der Waals surface area contributed by atoms with Gasteiger partial charge in [0.15, 0.2) is 16.8 Å². The maximum Gasteiger partial charge on any atom is 0.192 e. The molecule has 5 nitrogen and oxygen atoms in total. The highest BCUT2D eigenvalue weighted by Gasteiger charge is 2.21.